The van der Waals surface area contributed by atoms with E-state index in [9.17, 15) is 9.59 Å². The smallest absolute Gasteiger partial charge is 0.408 e. The number of nitrogens with one attached hydrogen (secondary N) is 1. The van der Waals surface area contributed by atoms with Crippen LogP contribution in [0.5, 0.6) is 0 Å². The Balaban J connectivity index is 1.68. The largest absolute Gasteiger partial charge is 0.419 e. The number of amides is 1. The zero-order valence-electron chi connectivity index (χ0n) is 13.2. The summed E-state index contributed by atoms with van der Waals surface area (Å²) in [5.74, 6) is -0.651. The highest BCUT2D eigenvalue weighted by Crippen LogP contribution is 2.18. The van der Waals surface area contributed by atoms with Crippen molar-refractivity contribution in [3.05, 3.63) is 63.6 Å². The Morgan fingerprint density at radius 3 is 2.67 bits per heavy atom. The van der Waals surface area contributed by atoms with Gasteiger partial charge in [0.15, 0.2) is 5.58 Å². The van der Waals surface area contributed by atoms with Gasteiger partial charge in [0.05, 0.1) is 5.52 Å². The zero-order chi connectivity index (χ0) is 17.1. The molecule has 0 spiro atoms. The van der Waals surface area contributed by atoms with Crippen molar-refractivity contribution in [3.63, 3.8) is 0 Å². The topological polar surface area (TPSA) is 64.2 Å². The van der Waals surface area contributed by atoms with Gasteiger partial charge in [-0.25, -0.2) is 4.79 Å². The fourth-order valence-corrected chi connectivity index (χ4v) is 2.67. The van der Waals surface area contributed by atoms with Gasteiger partial charge in [-0.05, 0) is 36.2 Å². The Kier molecular flexibility index (Phi) is 4.71. The van der Waals surface area contributed by atoms with E-state index < -0.39 is 5.76 Å². The van der Waals surface area contributed by atoms with E-state index >= 15 is 0 Å². The molecule has 24 heavy (non-hydrogen) atoms. The summed E-state index contributed by atoms with van der Waals surface area (Å²) in [6.07, 6.45) is 1.13. The molecule has 0 fully saturated rings. The third-order valence-electron chi connectivity index (χ3n) is 3.84. The van der Waals surface area contributed by atoms with Gasteiger partial charge in [0, 0.05) is 29.7 Å². The Bertz CT molecular complexity index is 926. The summed E-state index contributed by atoms with van der Waals surface area (Å²) < 4.78 is 6.58. The molecule has 0 bridgehead atoms. The van der Waals surface area contributed by atoms with Crippen LogP contribution in [0.15, 0.2) is 51.7 Å². The number of oxazole rings is 1. The molecule has 1 aromatic heterocycles. The lowest BCUT2D eigenvalue weighted by molar-refractivity contribution is -0.116. The minimum atomic E-state index is -0.493. The maximum Gasteiger partial charge on any atom is 0.419 e. The molecule has 3 aromatic rings. The lowest BCUT2D eigenvalue weighted by Crippen LogP contribution is -2.19. The molecule has 0 radical (unpaired) electrons. The van der Waals surface area contributed by atoms with E-state index in [1.54, 1.807) is 18.2 Å². The maximum absolute atomic E-state index is 12.1. The van der Waals surface area contributed by atoms with Crippen molar-refractivity contribution < 1.29 is 9.21 Å². The van der Waals surface area contributed by atoms with Gasteiger partial charge in [0.25, 0.3) is 0 Å². The summed E-state index contributed by atoms with van der Waals surface area (Å²) in [7, 11) is 0. The molecule has 124 valence electrons. The van der Waals surface area contributed by atoms with E-state index in [0.717, 1.165) is 12.1 Å². The van der Waals surface area contributed by atoms with Crippen molar-refractivity contribution in [1.82, 2.24) is 4.57 Å². The van der Waals surface area contributed by atoms with Crippen LogP contribution in [0.2, 0.25) is 5.02 Å². The first-order chi connectivity index (χ1) is 11.6. The number of rotatable bonds is 5. The number of carbonyl (C=O) groups is 1. The summed E-state index contributed by atoms with van der Waals surface area (Å²) in [5, 5.41) is 3.32. The van der Waals surface area contributed by atoms with E-state index in [1.807, 2.05) is 24.3 Å². The number of anilines is 1. The van der Waals surface area contributed by atoms with Gasteiger partial charge in [-0.2, -0.15) is 0 Å². The minimum Gasteiger partial charge on any atom is -0.408 e. The number of carbonyl (C=O) groups excluding carboxylic acids is 1. The monoisotopic (exact) mass is 344 g/mol. The van der Waals surface area contributed by atoms with Crippen molar-refractivity contribution >= 4 is 34.3 Å². The number of fused-ring (bicyclic) bond motifs is 1. The highest BCUT2D eigenvalue weighted by molar-refractivity contribution is 6.31. The van der Waals surface area contributed by atoms with Gasteiger partial charge in [-0.1, -0.05) is 30.7 Å². The maximum atomic E-state index is 12.1. The van der Waals surface area contributed by atoms with Crippen LogP contribution in [0, 0.1) is 0 Å². The molecule has 3 rings (SSSR count). The molecule has 1 amide bonds. The third-order valence-corrected chi connectivity index (χ3v) is 4.07. The Morgan fingerprint density at radius 1 is 1.21 bits per heavy atom. The number of benzene rings is 2. The normalized spacial score (nSPS) is 10.9. The standard InChI is InChI=1S/C18H17ClN2O3/c1-2-12-3-6-14(7-4-12)20-17(22)9-10-21-15-8-5-13(19)11-16(15)24-18(21)23/h3-8,11H,2,9-10H2,1H3,(H,20,22). The first-order valence-electron chi connectivity index (χ1n) is 7.74. The fourth-order valence-electron chi connectivity index (χ4n) is 2.51. The highest BCUT2D eigenvalue weighted by Gasteiger charge is 2.11. The summed E-state index contributed by atoms with van der Waals surface area (Å²) in [4.78, 5) is 24.0. The molecule has 0 saturated carbocycles. The van der Waals surface area contributed by atoms with Gasteiger partial charge < -0.3 is 9.73 Å². The molecule has 6 heteroatoms. The third kappa shape index (κ3) is 3.51. The van der Waals surface area contributed by atoms with E-state index in [1.165, 1.54) is 10.1 Å². The molecule has 0 aliphatic carbocycles. The first-order valence-corrected chi connectivity index (χ1v) is 8.12. The first kappa shape index (κ1) is 16.3. The number of aryl methyl sites for hydroxylation is 2. The molecule has 0 aliphatic rings. The van der Waals surface area contributed by atoms with Crippen LogP contribution in [0.25, 0.3) is 11.1 Å². The number of hydrogen-bond donors (Lipinski definition) is 1. The Morgan fingerprint density at radius 2 is 1.96 bits per heavy atom. The Hall–Kier alpha value is -2.53. The summed E-state index contributed by atoms with van der Waals surface area (Å²) in [5.41, 5.74) is 3.00. The van der Waals surface area contributed by atoms with Crippen molar-refractivity contribution in [2.24, 2.45) is 0 Å². The van der Waals surface area contributed by atoms with Crippen molar-refractivity contribution in [1.29, 1.82) is 0 Å². The number of nitrogens with zero attached hydrogens (tertiary/aromatic N) is 1. The molecule has 0 saturated heterocycles. The van der Waals surface area contributed by atoms with E-state index in [0.29, 0.717) is 16.1 Å². The second-order valence-corrected chi connectivity index (χ2v) is 5.92. The van der Waals surface area contributed by atoms with Gasteiger partial charge in [0.1, 0.15) is 0 Å². The molecule has 0 unspecified atom stereocenters. The quantitative estimate of drug-likeness (QED) is 0.764. The molecule has 0 aliphatic heterocycles. The van der Waals surface area contributed by atoms with Gasteiger partial charge in [-0.3, -0.25) is 9.36 Å². The molecule has 1 N–H and O–H groups in total. The lowest BCUT2D eigenvalue weighted by atomic mass is 10.1. The molecule has 2 aromatic carbocycles. The van der Waals surface area contributed by atoms with Crippen molar-refractivity contribution in [3.8, 4) is 0 Å². The minimum absolute atomic E-state index is 0.158. The van der Waals surface area contributed by atoms with Crippen molar-refractivity contribution in [2.75, 3.05) is 5.32 Å². The second-order valence-electron chi connectivity index (χ2n) is 5.48. The SMILES string of the molecule is CCc1ccc(NC(=O)CCn2c(=O)oc3cc(Cl)ccc32)cc1. The molecular formula is C18H17ClN2O3. The van der Waals surface area contributed by atoms with Crippen molar-refractivity contribution in [2.45, 2.75) is 26.3 Å². The van der Waals surface area contributed by atoms with Gasteiger partial charge >= 0.3 is 5.76 Å². The predicted molar refractivity (Wildman–Crippen MR) is 94.6 cm³/mol. The van der Waals surface area contributed by atoms with Gasteiger partial charge in [0.2, 0.25) is 5.91 Å². The van der Waals surface area contributed by atoms with Crippen LogP contribution in [-0.4, -0.2) is 10.5 Å². The number of hydrogen-bond acceptors (Lipinski definition) is 3. The molecule has 5 nitrogen and oxygen atoms in total. The van der Waals surface area contributed by atoms with Crippen LogP contribution in [0.1, 0.15) is 18.9 Å². The number of halogens is 1. The van der Waals surface area contributed by atoms with Crippen LogP contribution >= 0.6 is 11.6 Å². The van der Waals surface area contributed by atoms with E-state index in [4.69, 9.17) is 16.0 Å². The average Bonchev–Trinajstić information content (AvgIpc) is 2.88. The van der Waals surface area contributed by atoms with Crippen LogP contribution < -0.4 is 11.1 Å². The van der Waals surface area contributed by atoms with E-state index in [2.05, 4.69) is 12.2 Å². The van der Waals surface area contributed by atoms with Crippen LogP contribution in [0.4, 0.5) is 5.69 Å². The number of aromatic nitrogens is 1. The van der Waals surface area contributed by atoms with Crippen LogP contribution in [-0.2, 0) is 17.8 Å². The fraction of sp³-hybridized carbons (Fsp3) is 0.222. The van der Waals surface area contributed by atoms with Crippen LogP contribution in [0.3, 0.4) is 0 Å². The molecular weight excluding hydrogens is 328 g/mol. The van der Waals surface area contributed by atoms with Gasteiger partial charge in [-0.15, -0.1) is 0 Å². The lowest BCUT2D eigenvalue weighted by Gasteiger charge is -2.06. The highest BCUT2D eigenvalue weighted by atomic mass is 35.5. The average molecular weight is 345 g/mol. The zero-order valence-corrected chi connectivity index (χ0v) is 14.0. The summed E-state index contributed by atoms with van der Waals surface area (Å²) >= 11 is 5.88. The second kappa shape index (κ2) is 6.93. The predicted octanol–water partition coefficient (Wildman–Crippen LogP) is 3.84. The molecule has 1 heterocycles. The summed E-state index contributed by atoms with van der Waals surface area (Å²) in [6.45, 7) is 2.32. The summed E-state index contributed by atoms with van der Waals surface area (Å²) in [6, 6.07) is 12.7. The van der Waals surface area contributed by atoms with E-state index in [-0.39, 0.29) is 18.9 Å². The molecule has 0 atom stereocenters. The Labute approximate surface area is 143 Å².